The van der Waals surface area contributed by atoms with Crippen molar-refractivity contribution < 1.29 is 0 Å². The van der Waals surface area contributed by atoms with E-state index >= 15 is 0 Å². The van der Waals surface area contributed by atoms with Gasteiger partial charge in [-0.05, 0) is 17.4 Å². The SMILES string of the molecule is [C-]#[N+]c1csc(C(C#N)C(C)C)c1. The van der Waals surface area contributed by atoms with Gasteiger partial charge in [0.25, 0.3) is 0 Å². The molecule has 0 radical (unpaired) electrons. The number of thiophene rings is 1. The van der Waals surface area contributed by atoms with Crippen molar-refractivity contribution in [3.8, 4) is 6.07 Å². The molecule has 1 aromatic heterocycles. The Hall–Kier alpha value is -1.32. The summed E-state index contributed by atoms with van der Waals surface area (Å²) in [5, 5.41) is 10.7. The first kappa shape index (κ1) is 9.77. The molecule has 0 fully saturated rings. The fourth-order valence-corrected chi connectivity index (χ4v) is 2.14. The smallest absolute Gasteiger partial charge is 0.198 e. The molecule has 1 atom stereocenters. The fraction of sp³-hybridized carbons (Fsp3) is 0.400. The summed E-state index contributed by atoms with van der Waals surface area (Å²) in [5.41, 5.74) is 0.640. The standard InChI is InChI=1S/C10H10N2S/c1-7(2)9(5-11)10-4-8(12-3)6-13-10/h4,6-7,9H,1-2H3. The molecule has 66 valence electrons. The Morgan fingerprint density at radius 3 is 2.69 bits per heavy atom. The van der Waals surface area contributed by atoms with E-state index in [9.17, 15) is 0 Å². The third-order valence-electron chi connectivity index (χ3n) is 1.85. The molecule has 1 heterocycles. The summed E-state index contributed by atoms with van der Waals surface area (Å²) >= 11 is 1.50. The van der Waals surface area contributed by atoms with Crippen LogP contribution < -0.4 is 0 Å². The summed E-state index contributed by atoms with van der Waals surface area (Å²) in [4.78, 5) is 4.32. The predicted molar refractivity (Wildman–Crippen MR) is 53.8 cm³/mol. The third kappa shape index (κ3) is 2.08. The number of nitrogens with zero attached hydrogens (tertiary/aromatic N) is 2. The highest BCUT2D eigenvalue weighted by molar-refractivity contribution is 7.10. The zero-order valence-electron chi connectivity index (χ0n) is 7.61. The molecule has 1 unspecified atom stereocenters. The highest BCUT2D eigenvalue weighted by atomic mass is 32.1. The van der Waals surface area contributed by atoms with Gasteiger partial charge in [-0.1, -0.05) is 13.8 Å². The number of rotatable bonds is 2. The Labute approximate surface area is 82.3 Å². The second-order valence-electron chi connectivity index (χ2n) is 3.17. The minimum Gasteiger partial charge on any atom is -0.237 e. The maximum atomic E-state index is 8.91. The highest BCUT2D eigenvalue weighted by Crippen LogP contribution is 2.32. The summed E-state index contributed by atoms with van der Waals surface area (Å²) in [7, 11) is 0. The van der Waals surface area contributed by atoms with Crippen LogP contribution in [0.3, 0.4) is 0 Å². The van der Waals surface area contributed by atoms with Crippen LogP contribution in [-0.4, -0.2) is 0 Å². The van der Waals surface area contributed by atoms with Crippen LogP contribution in [0.1, 0.15) is 24.6 Å². The maximum absolute atomic E-state index is 8.91. The summed E-state index contributed by atoms with van der Waals surface area (Å²) in [6.45, 7) is 10.8. The Kier molecular flexibility index (Phi) is 3.06. The van der Waals surface area contributed by atoms with Crippen molar-refractivity contribution in [2.45, 2.75) is 19.8 Å². The molecule has 0 aliphatic heterocycles. The van der Waals surface area contributed by atoms with Gasteiger partial charge in [0, 0.05) is 4.88 Å². The molecule has 0 N–H and O–H groups in total. The van der Waals surface area contributed by atoms with Crippen molar-refractivity contribution in [3.63, 3.8) is 0 Å². The van der Waals surface area contributed by atoms with E-state index in [4.69, 9.17) is 11.8 Å². The first-order valence-electron chi connectivity index (χ1n) is 4.04. The molecule has 1 aromatic rings. The van der Waals surface area contributed by atoms with Crippen molar-refractivity contribution in [2.24, 2.45) is 5.92 Å². The van der Waals surface area contributed by atoms with Gasteiger partial charge in [-0.25, -0.2) is 4.85 Å². The number of hydrogen-bond acceptors (Lipinski definition) is 2. The molecule has 0 aromatic carbocycles. The van der Waals surface area contributed by atoms with Crippen LogP contribution in [0.25, 0.3) is 4.85 Å². The zero-order valence-corrected chi connectivity index (χ0v) is 8.43. The topological polar surface area (TPSA) is 28.1 Å². The summed E-state index contributed by atoms with van der Waals surface area (Å²) < 4.78 is 0. The highest BCUT2D eigenvalue weighted by Gasteiger charge is 2.16. The molecule has 0 amide bonds. The van der Waals surface area contributed by atoms with Gasteiger partial charge in [0.15, 0.2) is 5.69 Å². The average molecular weight is 190 g/mol. The molecule has 0 bridgehead atoms. The van der Waals surface area contributed by atoms with Crippen LogP contribution in [0.4, 0.5) is 5.69 Å². The first-order valence-corrected chi connectivity index (χ1v) is 4.92. The molecule has 3 heteroatoms. The molecule has 0 aliphatic carbocycles. The maximum Gasteiger partial charge on any atom is 0.198 e. The molecule has 0 spiro atoms. The second kappa shape index (κ2) is 4.07. The zero-order chi connectivity index (χ0) is 9.84. The Morgan fingerprint density at radius 1 is 1.62 bits per heavy atom. The van der Waals surface area contributed by atoms with Gasteiger partial charge in [0.2, 0.25) is 0 Å². The lowest BCUT2D eigenvalue weighted by atomic mass is 9.96. The van der Waals surface area contributed by atoms with E-state index in [2.05, 4.69) is 10.9 Å². The Bertz CT molecular complexity index is 365. The lowest BCUT2D eigenvalue weighted by molar-refractivity contribution is 0.594. The molecule has 13 heavy (non-hydrogen) atoms. The molecule has 0 saturated heterocycles. The summed E-state index contributed by atoms with van der Waals surface area (Å²) in [6, 6.07) is 4.07. The quantitative estimate of drug-likeness (QED) is 0.655. The van der Waals surface area contributed by atoms with Gasteiger partial charge < -0.3 is 0 Å². The Balaban J connectivity index is 2.95. The molecule has 0 aliphatic rings. The van der Waals surface area contributed by atoms with Gasteiger partial charge in [0.05, 0.1) is 18.6 Å². The third-order valence-corrected chi connectivity index (χ3v) is 2.85. The molecule has 2 nitrogen and oxygen atoms in total. The van der Waals surface area contributed by atoms with Crippen molar-refractivity contribution in [1.29, 1.82) is 5.26 Å². The van der Waals surface area contributed by atoms with Crippen molar-refractivity contribution in [2.75, 3.05) is 0 Å². The number of nitriles is 1. The monoisotopic (exact) mass is 190 g/mol. The van der Waals surface area contributed by atoms with Crippen molar-refractivity contribution >= 4 is 17.0 Å². The molecular formula is C10H10N2S. The van der Waals surface area contributed by atoms with Crippen LogP contribution in [-0.2, 0) is 0 Å². The van der Waals surface area contributed by atoms with Crippen LogP contribution >= 0.6 is 11.3 Å². The Morgan fingerprint density at radius 2 is 2.31 bits per heavy atom. The van der Waals surface area contributed by atoms with E-state index in [1.54, 1.807) is 5.38 Å². The van der Waals surface area contributed by atoms with E-state index in [0.717, 1.165) is 4.88 Å². The second-order valence-corrected chi connectivity index (χ2v) is 4.11. The van der Waals surface area contributed by atoms with Crippen LogP contribution in [0, 0.1) is 23.8 Å². The first-order chi connectivity index (χ1) is 6.19. The van der Waals surface area contributed by atoms with Crippen molar-refractivity contribution in [3.05, 3.63) is 27.7 Å². The van der Waals surface area contributed by atoms with E-state index < -0.39 is 0 Å². The van der Waals surface area contributed by atoms with Gasteiger partial charge in [-0.2, -0.15) is 16.6 Å². The minimum atomic E-state index is -0.0690. The minimum absolute atomic E-state index is 0.0690. The van der Waals surface area contributed by atoms with Gasteiger partial charge in [0.1, 0.15) is 0 Å². The lowest BCUT2D eigenvalue weighted by Crippen LogP contribution is -2.01. The van der Waals surface area contributed by atoms with Crippen LogP contribution in [0.2, 0.25) is 0 Å². The largest absolute Gasteiger partial charge is 0.237 e. The predicted octanol–water partition coefficient (Wildman–Crippen LogP) is 3.56. The molecule has 1 rings (SSSR count). The van der Waals surface area contributed by atoms with E-state index in [-0.39, 0.29) is 5.92 Å². The fourth-order valence-electron chi connectivity index (χ4n) is 1.11. The van der Waals surface area contributed by atoms with E-state index in [1.807, 2.05) is 19.9 Å². The van der Waals surface area contributed by atoms with Crippen molar-refractivity contribution in [1.82, 2.24) is 0 Å². The van der Waals surface area contributed by atoms with Gasteiger partial charge in [-0.15, -0.1) is 0 Å². The summed E-state index contributed by atoms with van der Waals surface area (Å²) in [6.07, 6.45) is 0. The van der Waals surface area contributed by atoms with E-state index in [0.29, 0.717) is 11.6 Å². The molecular weight excluding hydrogens is 180 g/mol. The number of hydrogen-bond donors (Lipinski definition) is 0. The van der Waals surface area contributed by atoms with Crippen LogP contribution in [0.15, 0.2) is 11.4 Å². The summed E-state index contributed by atoms with van der Waals surface area (Å²) in [5.74, 6) is 0.239. The van der Waals surface area contributed by atoms with Crippen LogP contribution in [0.5, 0.6) is 0 Å². The normalized spacial score (nSPS) is 12.1. The lowest BCUT2D eigenvalue weighted by Gasteiger charge is -2.09. The molecule has 0 saturated carbocycles. The van der Waals surface area contributed by atoms with Gasteiger partial charge in [-0.3, -0.25) is 0 Å². The average Bonchev–Trinajstić information content (AvgIpc) is 2.53. The van der Waals surface area contributed by atoms with E-state index in [1.165, 1.54) is 11.3 Å². The van der Waals surface area contributed by atoms with Gasteiger partial charge >= 0.3 is 0 Å².